The van der Waals surface area contributed by atoms with Gasteiger partial charge in [0.2, 0.25) is 46.4 Å². The van der Waals surface area contributed by atoms with Gasteiger partial charge in [-0.05, 0) is 27.6 Å². The first-order chi connectivity index (χ1) is 27.6. The van der Waals surface area contributed by atoms with Crippen molar-refractivity contribution in [2.24, 2.45) is 0 Å². The topological polar surface area (TPSA) is 238 Å². The van der Waals surface area contributed by atoms with Crippen LogP contribution in [0.5, 0.6) is 0 Å². The van der Waals surface area contributed by atoms with Gasteiger partial charge in [-0.25, -0.2) is 19.4 Å². The molecule has 4 aliphatic heterocycles. The molecular formula is C39H13N11O8. The number of imide groups is 4. The van der Waals surface area contributed by atoms with Gasteiger partial charge in [-0.2, -0.15) is 15.8 Å². The van der Waals surface area contributed by atoms with Crippen LogP contribution < -0.4 is 0 Å². The molecule has 8 rings (SSSR count). The Morgan fingerprint density at radius 1 is 0.414 bits per heavy atom. The molecule has 0 fully saturated rings. The Morgan fingerprint density at radius 3 is 1.00 bits per heavy atom. The van der Waals surface area contributed by atoms with Gasteiger partial charge in [0.25, 0.3) is 23.6 Å². The quantitative estimate of drug-likeness (QED) is 0.180. The first kappa shape index (κ1) is 36.7. The lowest BCUT2D eigenvalue weighted by Gasteiger charge is -2.32. The Hall–Kier alpha value is -9.61. The van der Waals surface area contributed by atoms with Gasteiger partial charge >= 0.3 is 0 Å². The average Bonchev–Trinajstić information content (AvgIpc) is 3.23. The summed E-state index contributed by atoms with van der Waals surface area (Å²) in [7, 11) is 4.68. The summed E-state index contributed by atoms with van der Waals surface area (Å²) in [6, 6.07) is 6.51. The summed E-state index contributed by atoms with van der Waals surface area (Å²) in [6.07, 6.45) is 0. The lowest BCUT2D eigenvalue weighted by Crippen LogP contribution is -2.41. The van der Waals surface area contributed by atoms with Gasteiger partial charge in [-0.3, -0.25) is 58.0 Å². The molecule has 0 atom stereocenters. The number of amides is 8. The minimum absolute atomic E-state index is 0.0368. The monoisotopic (exact) mass is 763 g/mol. The Balaban J connectivity index is 0.000000177. The van der Waals surface area contributed by atoms with Gasteiger partial charge < -0.3 is 0 Å². The van der Waals surface area contributed by atoms with Crippen molar-refractivity contribution in [2.45, 2.75) is 0 Å². The Bertz CT molecular complexity index is 3060. The molecule has 0 spiro atoms. The molecule has 8 amide bonds. The summed E-state index contributed by atoms with van der Waals surface area (Å²) in [5.74, 6) is -6.80. The van der Waals surface area contributed by atoms with E-state index < -0.39 is 69.8 Å². The lowest BCUT2D eigenvalue weighted by atomic mass is 9.79. The molecule has 0 aromatic heterocycles. The highest BCUT2D eigenvalue weighted by molar-refractivity contribution is 6.39. The van der Waals surface area contributed by atoms with Gasteiger partial charge in [0.15, 0.2) is 0 Å². The van der Waals surface area contributed by atoms with E-state index in [0.29, 0.717) is 9.80 Å². The molecule has 0 saturated heterocycles. The van der Waals surface area contributed by atoms with Crippen LogP contribution in [0.4, 0.5) is 22.7 Å². The second-order valence-electron chi connectivity index (χ2n) is 12.7. The molecule has 4 heterocycles. The Kier molecular flexibility index (Phi) is 7.73. The lowest BCUT2D eigenvalue weighted by molar-refractivity contribution is 0.0630. The minimum Gasteiger partial charge on any atom is -0.279 e. The summed E-state index contributed by atoms with van der Waals surface area (Å²) in [5, 5.41) is 28.3. The number of carbonyl (C=O) groups excluding carboxylic acids is 8. The van der Waals surface area contributed by atoms with Crippen LogP contribution in [0.25, 0.3) is 40.9 Å². The van der Waals surface area contributed by atoms with Crippen LogP contribution >= 0.6 is 0 Å². The highest BCUT2D eigenvalue weighted by Crippen LogP contribution is 2.51. The van der Waals surface area contributed by atoms with E-state index in [1.165, 1.54) is 20.2 Å². The van der Waals surface area contributed by atoms with Crippen molar-refractivity contribution in [1.82, 2.24) is 19.6 Å². The van der Waals surface area contributed by atoms with E-state index in [0.717, 1.165) is 23.9 Å². The zero-order chi connectivity index (χ0) is 42.6. The molecule has 272 valence electrons. The van der Waals surface area contributed by atoms with Crippen LogP contribution in [0.1, 0.15) is 99.6 Å². The second-order valence-corrected chi connectivity index (χ2v) is 12.7. The summed E-state index contributed by atoms with van der Waals surface area (Å²) in [6.45, 7) is 29.9. The van der Waals surface area contributed by atoms with Crippen molar-refractivity contribution < 1.29 is 38.4 Å². The highest BCUT2D eigenvalue weighted by Gasteiger charge is 2.46. The van der Waals surface area contributed by atoms with Crippen molar-refractivity contribution in [3.05, 3.63) is 113 Å². The SMILES string of the molecule is [C-]#[N+]c1c([N+]#[C-])c2c3c(c(C#N)c(C#N)c4c3c1C(=O)N(C)C4=O)C(=O)N(C)C2=O.[C-]#[N+]c1c([N+]#[C-])c2c3c(c(C#N)cc4c3c1C(=O)N(C)C4=O)C(=O)N(C)C2=O. The van der Waals surface area contributed by atoms with Gasteiger partial charge in [-0.1, -0.05) is 0 Å². The third kappa shape index (κ3) is 4.12. The number of benzene rings is 4. The molecule has 0 N–H and O–H groups in total. The first-order valence-corrected chi connectivity index (χ1v) is 16.0. The first-order valence-electron chi connectivity index (χ1n) is 16.0. The van der Waals surface area contributed by atoms with Gasteiger partial charge in [0.1, 0.15) is 18.2 Å². The van der Waals surface area contributed by atoms with Crippen LogP contribution in [0, 0.1) is 60.3 Å². The molecule has 58 heavy (non-hydrogen) atoms. The van der Waals surface area contributed by atoms with Crippen LogP contribution in [0.3, 0.4) is 0 Å². The maximum atomic E-state index is 12.9. The minimum atomic E-state index is -0.914. The highest BCUT2D eigenvalue weighted by atomic mass is 16.2. The average molecular weight is 764 g/mol. The third-order valence-corrected chi connectivity index (χ3v) is 10.2. The fourth-order valence-corrected chi connectivity index (χ4v) is 7.51. The van der Waals surface area contributed by atoms with E-state index in [1.54, 1.807) is 12.1 Å². The van der Waals surface area contributed by atoms with Crippen molar-refractivity contribution in [2.75, 3.05) is 28.2 Å². The van der Waals surface area contributed by atoms with E-state index in [2.05, 4.69) is 19.4 Å². The number of hydrogen-bond donors (Lipinski definition) is 0. The largest absolute Gasteiger partial charge is 0.279 e. The molecule has 0 bridgehead atoms. The number of nitriles is 3. The molecule has 4 aromatic rings. The molecule has 4 aliphatic rings. The molecule has 0 saturated carbocycles. The third-order valence-electron chi connectivity index (χ3n) is 10.2. The van der Waals surface area contributed by atoms with E-state index in [-0.39, 0.29) is 83.0 Å². The van der Waals surface area contributed by atoms with Gasteiger partial charge in [0, 0.05) is 56.0 Å². The van der Waals surface area contributed by atoms with Gasteiger partial charge in [0.05, 0.1) is 59.7 Å². The van der Waals surface area contributed by atoms with Crippen molar-refractivity contribution in [3.8, 4) is 18.2 Å². The van der Waals surface area contributed by atoms with E-state index in [1.807, 2.05) is 6.07 Å². The Labute approximate surface area is 324 Å². The fraction of sp³-hybridized carbons (Fsp3) is 0.103. The molecule has 0 unspecified atom stereocenters. The molecule has 0 aliphatic carbocycles. The number of carbonyl (C=O) groups is 8. The van der Waals surface area contributed by atoms with Crippen molar-refractivity contribution in [3.63, 3.8) is 0 Å². The zero-order valence-corrected chi connectivity index (χ0v) is 29.8. The standard InChI is InChI=1S/C20H6N6O4.C19H7N5O4/c1-23-15-13-11-9(17(27)25(3)19(13)29)7(5-21)8(6-22)10-12(11)14(16(15)24-2)20(30)26(4)18(10)28;1-21-14-12-10-8(16(25)23(3)18(12)27)5-7(6-20)9-11(10)13(15(14)22-2)19(28)24(4)17(9)26/h3-4H3;5H,3-4H3. The fourth-order valence-electron chi connectivity index (χ4n) is 7.51. The van der Waals surface area contributed by atoms with Crippen LogP contribution in [0.15, 0.2) is 6.07 Å². The van der Waals surface area contributed by atoms with Crippen molar-refractivity contribution in [1.29, 1.82) is 15.8 Å². The van der Waals surface area contributed by atoms with Crippen LogP contribution in [-0.2, 0) is 0 Å². The zero-order valence-electron chi connectivity index (χ0n) is 29.8. The normalized spacial score (nSPS) is 14.6. The van der Waals surface area contributed by atoms with E-state index in [4.69, 9.17) is 26.3 Å². The maximum absolute atomic E-state index is 12.9. The second kappa shape index (κ2) is 12.2. The summed E-state index contributed by atoms with van der Waals surface area (Å²) >= 11 is 0. The smallest absolute Gasteiger partial charge is 0.262 e. The van der Waals surface area contributed by atoms with Crippen LogP contribution in [0.2, 0.25) is 0 Å². The van der Waals surface area contributed by atoms with Crippen LogP contribution in [-0.4, -0.2) is 95.0 Å². The Morgan fingerprint density at radius 2 is 0.690 bits per heavy atom. The predicted octanol–water partition coefficient (Wildman–Crippen LogP) is 4.40. The molecule has 4 aromatic carbocycles. The van der Waals surface area contributed by atoms with E-state index >= 15 is 0 Å². The predicted molar refractivity (Wildman–Crippen MR) is 193 cm³/mol. The molecule has 19 nitrogen and oxygen atoms in total. The molecule has 19 heteroatoms. The maximum Gasteiger partial charge on any atom is 0.262 e. The number of nitrogens with zero attached hydrogens (tertiary/aromatic N) is 11. The molecule has 0 radical (unpaired) electrons. The van der Waals surface area contributed by atoms with E-state index in [9.17, 15) is 54.1 Å². The summed E-state index contributed by atoms with van der Waals surface area (Å²) in [5.41, 5.74) is -4.73. The van der Waals surface area contributed by atoms with Gasteiger partial charge in [-0.15, -0.1) is 0 Å². The van der Waals surface area contributed by atoms with Crippen molar-refractivity contribution >= 4 is 91.6 Å². The summed E-state index contributed by atoms with van der Waals surface area (Å²) < 4.78 is 0. The number of hydrogen-bond acceptors (Lipinski definition) is 11. The number of rotatable bonds is 0. The summed E-state index contributed by atoms with van der Waals surface area (Å²) in [4.78, 5) is 119. The molecular weight excluding hydrogens is 750 g/mol.